The molecule has 0 aliphatic rings. The van der Waals surface area contributed by atoms with Crippen LogP contribution in [0, 0.1) is 0 Å². The van der Waals surface area contributed by atoms with E-state index in [0.29, 0.717) is 17.9 Å². The lowest BCUT2D eigenvalue weighted by Gasteiger charge is -2.09. The number of ether oxygens (including phenoxy) is 1. The second kappa shape index (κ2) is 9.26. The molecule has 0 unspecified atom stereocenters. The molecular formula is C17H18N4O2S. The molecule has 0 aliphatic heterocycles. The number of benzene rings is 2. The van der Waals surface area contributed by atoms with Crippen LogP contribution in [0.5, 0.6) is 5.75 Å². The van der Waals surface area contributed by atoms with Crippen LogP contribution in [0.2, 0.25) is 0 Å². The van der Waals surface area contributed by atoms with Crippen molar-refractivity contribution >= 4 is 29.5 Å². The van der Waals surface area contributed by atoms with Crippen molar-refractivity contribution in [1.29, 1.82) is 0 Å². The Labute approximate surface area is 145 Å². The first-order chi connectivity index (χ1) is 11.6. The normalized spacial score (nSPS) is 10.3. The van der Waals surface area contributed by atoms with Crippen molar-refractivity contribution < 1.29 is 9.53 Å². The first-order valence-electron chi connectivity index (χ1n) is 7.26. The Bertz CT molecular complexity index is 720. The predicted octanol–water partition coefficient (Wildman–Crippen LogP) is 1.55. The molecule has 2 aromatic carbocycles. The minimum Gasteiger partial charge on any atom is -0.483 e. The fourth-order valence-electron chi connectivity index (χ4n) is 1.87. The van der Waals surface area contributed by atoms with Crippen LogP contribution in [0.4, 0.5) is 0 Å². The molecule has 0 saturated carbocycles. The Balaban J connectivity index is 1.86. The molecular weight excluding hydrogens is 324 g/mol. The monoisotopic (exact) mass is 342 g/mol. The number of thiocarbonyl (C=S) groups is 1. The van der Waals surface area contributed by atoms with Crippen LogP contribution in [0.3, 0.4) is 0 Å². The molecule has 124 valence electrons. The van der Waals surface area contributed by atoms with Crippen molar-refractivity contribution in [1.82, 2.24) is 10.7 Å². The highest BCUT2D eigenvalue weighted by molar-refractivity contribution is 7.80. The van der Waals surface area contributed by atoms with Gasteiger partial charge in [-0.1, -0.05) is 42.5 Å². The maximum atomic E-state index is 11.9. The highest BCUT2D eigenvalue weighted by Crippen LogP contribution is 2.15. The third-order valence-corrected chi connectivity index (χ3v) is 3.08. The van der Waals surface area contributed by atoms with Crippen LogP contribution in [-0.4, -0.2) is 23.8 Å². The van der Waals surface area contributed by atoms with Crippen LogP contribution >= 0.6 is 12.2 Å². The van der Waals surface area contributed by atoms with Gasteiger partial charge in [0.25, 0.3) is 5.91 Å². The highest BCUT2D eigenvalue weighted by atomic mass is 32.1. The van der Waals surface area contributed by atoms with E-state index in [-0.39, 0.29) is 17.6 Å². The van der Waals surface area contributed by atoms with Crippen LogP contribution in [0.25, 0.3) is 0 Å². The summed E-state index contributed by atoms with van der Waals surface area (Å²) in [5.74, 6) is 0.340. The molecule has 0 spiro atoms. The molecule has 0 saturated heterocycles. The predicted molar refractivity (Wildman–Crippen MR) is 97.7 cm³/mol. The number of rotatable bonds is 7. The van der Waals surface area contributed by atoms with Crippen molar-refractivity contribution in [3.8, 4) is 5.75 Å². The fraction of sp³-hybridized carbons (Fsp3) is 0.118. The van der Waals surface area contributed by atoms with Gasteiger partial charge in [0.1, 0.15) is 5.75 Å². The summed E-state index contributed by atoms with van der Waals surface area (Å²) in [5, 5.41) is 6.76. The smallest absolute Gasteiger partial charge is 0.258 e. The molecule has 1 amide bonds. The van der Waals surface area contributed by atoms with Gasteiger partial charge in [0, 0.05) is 12.1 Å². The number of amides is 1. The average molecular weight is 342 g/mol. The van der Waals surface area contributed by atoms with Crippen molar-refractivity contribution in [3.63, 3.8) is 0 Å². The summed E-state index contributed by atoms with van der Waals surface area (Å²) in [5.41, 5.74) is 9.50. The summed E-state index contributed by atoms with van der Waals surface area (Å²) in [4.78, 5) is 11.9. The van der Waals surface area contributed by atoms with Gasteiger partial charge in [-0.15, -0.1) is 0 Å². The summed E-state index contributed by atoms with van der Waals surface area (Å²) < 4.78 is 5.55. The minimum atomic E-state index is -0.202. The molecule has 0 bridgehead atoms. The number of nitrogens with two attached hydrogens (primary N) is 1. The Hall–Kier alpha value is -2.93. The van der Waals surface area contributed by atoms with Crippen LogP contribution < -0.4 is 21.2 Å². The number of nitrogens with zero attached hydrogens (tertiary/aromatic N) is 1. The molecule has 7 heteroatoms. The lowest BCUT2D eigenvalue weighted by atomic mass is 10.2. The van der Waals surface area contributed by atoms with E-state index in [0.717, 1.165) is 5.56 Å². The lowest BCUT2D eigenvalue weighted by molar-refractivity contribution is -0.123. The molecule has 0 aromatic heterocycles. The highest BCUT2D eigenvalue weighted by Gasteiger charge is 2.05. The van der Waals surface area contributed by atoms with Gasteiger partial charge in [-0.3, -0.25) is 10.2 Å². The number of nitrogens with one attached hydrogen (secondary N) is 2. The molecule has 4 N–H and O–H groups in total. The van der Waals surface area contributed by atoms with E-state index in [1.807, 2.05) is 48.5 Å². The van der Waals surface area contributed by atoms with E-state index >= 15 is 0 Å². The van der Waals surface area contributed by atoms with Gasteiger partial charge in [0.05, 0.1) is 6.21 Å². The Kier molecular flexibility index (Phi) is 6.73. The minimum absolute atomic E-state index is 0.0740. The molecule has 0 atom stereocenters. The second-order valence-corrected chi connectivity index (χ2v) is 5.26. The van der Waals surface area contributed by atoms with Crippen molar-refractivity contribution in [2.45, 2.75) is 6.54 Å². The number of hydrogen-bond acceptors (Lipinski definition) is 4. The van der Waals surface area contributed by atoms with Gasteiger partial charge in [0.2, 0.25) is 0 Å². The summed E-state index contributed by atoms with van der Waals surface area (Å²) in [6.07, 6.45) is 1.52. The Morgan fingerprint density at radius 1 is 1.17 bits per heavy atom. The molecule has 0 heterocycles. The third-order valence-electron chi connectivity index (χ3n) is 2.99. The topological polar surface area (TPSA) is 88.7 Å². The van der Waals surface area contributed by atoms with E-state index in [4.69, 9.17) is 10.5 Å². The van der Waals surface area contributed by atoms with E-state index in [2.05, 4.69) is 28.1 Å². The third kappa shape index (κ3) is 6.05. The van der Waals surface area contributed by atoms with Gasteiger partial charge in [-0.2, -0.15) is 5.10 Å². The summed E-state index contributed by atoms with van der Waals surface area (Å²) in [6.45, 7) is 0.379. The van der Waals surface area contributed by atoms with Gasteiger partial charge < -0.3 is 15.8 Å². The molecule has 0 fully saturated rings. The molecule has 0 aliphatic carbocycles. The number of hydrazone groups is 1. The van der Waals surface area contributed by atoms with Crippen LogP contribution in [-0.2, 0) is 11.3 Å². The molecule has 6 nitrogen and oxygen atoms in total. The maximum Gasteiger partial charge on any atom is 0.258 e. The van der Waals surface area contributed by atoms with E-state index < -0.39 is 0 Å². The number of carbonyl (C=O) groups excluding carboxylic acids is 1. The van der Waals surface area contributed by atoms with Gasteiger partial charge >= 0.3 is 0 Å². The van der Waals surface area contributed by atoms with E-state index in [1.54, 1.807) is 6.07 Å². The SMILES string of the molecule is NC(=S)N/N=C/c1ccccc1OCC(=O)NCc1ccccc1. The quantitative estimate of drug-likeness (QED) is 0.404. The molecule has 24 heavy (non-hydrogen) atoms. The summed E-state index contributed by atoms with van der Waals surface area (Å²) in [6, 6.07) is 16.9. The molecule has 0 radical (unpaired) electrons. The lowest BCUT2D eigenvalue weighted by Crippen LogP contribution is -2.28. The number of carbonyl (C=O) groups is 1. The Morgan fingerprint density at radius 3 is 2.62 bits per heavy atom. The van der Waals surface area contributed by atoms with Gasteiger partial charge in [-0.25, -0.2) is 0 Å². The molecule has 2 rings (SSSR count). The first-order valence-corrected chi connectivity index (χ1v) is 7.67. The Morgan fingerprint density at radius 2 is 1.88 bits per heavy atom. The van der Waals surface area contributed by atoms with Crippen molar-refractivity contribution in [2.24, 2.45) is 10.8 Å². The number of para-hydroxylation sites is 1. The second-order valence-electron chi connectivity index (χ2n) is 4.82. The summed E-state index contributed by atoms with van der Waals surface area (Å²) in [7, 11) is 0. The van der Waals surface area contributed by atoms with Crippen molar-refractivity contribution in [3.05, 3.63) is 65.7 Å². The zero-order valence-electron chi connectivity index (χ0n) is 12.9. The van der Waals surface area contributed by atoms with Crippen LogP contribution in [0.1, 0.15) is 11.1 Å². The van der Waals surface area contributed by atoms with Gasteiger partial charge in [-0.05, 0) is 29.9 Å². The zero-order valence-corrected chi connectivity index (χ0v) is 13.8. The fourth-order valence-corrected chi connectivity index (χ4v) is 1.93. The zero-order chi connectivity index (χ0) is 17.2. The largest absolute Gasteiger partial charge is 0.483 e. The number of hydrogen-bond donors (Lipinski definition) is 3. The van der Waals surface area contributed by atoms with Crippen LogP contribution in [0.15, 0.2) is 59.7 Å². The standard InChI is InChI=1S/C17H18N4O2S/c18-17(24)21-20-11-14-8-4-5-9-15(14)23-12-16(22)19-10-13-6-2-1-3-7-13/h1-9,11H,10,12H2,(H,19,22)(H3,18,21,24)/b20-11+. The molecule has 2 aromatic rings. The summed E-state index contributed by atoms with van der Waals surface area (Å²) >= 11 is 4.67. The van der Waals surface area contributed by atoms with Gasteiger partial charge in [0.15, 0.2) is 11.7 Å². The van der Waals surface area contributed by atoms with E-state index in [1.165, 1.54) is 6.21 Å². The first kappa shape index (κ1) is 17.4. The average Bonchev–Trinajstić information content (AvgIpc) is 2.59. The van der Waals surface area contributed by atoms with Crippen molar-refractivity contribution in [2.75, 3.05) is 6.61 Å². The van der Waals surface area contributed by atoms with E-state index in [9.17, 15) is 4.79 Å². The maximum absolute atomic E-state index is 11.9.